The number of hydrogen-bond donors (Lipinski definition) is 1. The van der Waals surface area contributed by atoms with Gasteiger partial charge < -0.3 is 19.3 Å². The highest BCUT2D eigenvalue weighted by molar-refractivity contribution is 5.41. The Morgan fingerprint density at radius 3 is 2.55 bits per heavy atom. The maximum atomic E-state index is 10.3. The fourth-order valence-corrected chi connectivity index (χ4v) is 2.64. The fourth-order valence-electron chi connectivity index (χ4n) is 2.64. The number of aliphatic hydroxyl groups is 1. The van der Waals surface area contributed by atoms with Gasteiger partial charge in [0.1, 0.15) is 17.6 Å². The summed E-state index contributed by atoms with van der Waals surface area (Å²) in [5.41, 5.74) is 0.740. The summed E-state index contributed by atoms with van der Waals surface area (Å²) in [6.45, 7) is 0.313. The van der Waals surface area contributed by atoms with Gasteiger partial charge in [-0.15, -0.1) is 0 Å². The molecule has 112 valence electrons. The molecule has 1 saturated carbocycles. The predicted molar refractivity (Wildman–Crippen MR) is 77.3 cm³/mol. The number of benzene rings is 1. The Balaban J connectivity index is 1.95. The average Bonchev–Trinajstić information content (AvgIpc) is 2.52. The lowest BCUT2D eigenvalue weighted by Crippen LogP contribution is -2.20. The molecular formula is C16H24O4. The third-order valence-electron chi connectivity index (χ3n) is 3.84. The maximum Gasteiger partial charge on any atom is 0.128 e. The van der Waals surface area contributed by atoms with Crippen LogP contribution in [0.3, 0.4) is 0 Å². The maximum absolute atomic E-state index is 10.3. The standard InChI is InChI=1S/C16H24O4/c1-18-13-8-9-14(16(10-13)19-2)15(17)11-20-12-6-4-3-5-7-12/h8-10,12,15,17H,3-7,11H2,1-2H3. The van der Waals surface area contributed by atoms with Gasteiger partial charge in [0.15, 0.2) is 0 Å². The van der Waals surface area contributed by atoms with Gasteiger partial charge in [-0.1, -0.05) is 19.3 Å². The van der Waals surface area contributed by atoms with Gasteiger partial charge >= 0.3 is 0 Å². The quantitative estimate of drug-likeness (QED) is 0.870. The minimum absolute atomic E-state index is 0.294. The zero-order valence-corrected chi connectivity index (χ0v) is 12.3. The summed E-state index contributed by atoms with van der Waals surface area (Å²) in [5, 5.41) is 10.3. The van der Waals surface area contributed by atoms with Crippen LogP contribution in [0.25, 0.3) is 0 Å². The van der Waals surface area contributed by atoms with Crippen LogP contribution in [0.4, 0.5) is 0 Å². The largest absolute Gasteiger partial charge is 0.497 e. The molecule has 20 heavy (non-hydrogen) atoms. The van der Waals surface area contributed by atoms with Crippen molar-refractivity contribution in [3.63, 3.8) is 0 Å². The van der Waals surface area contributed by atoms with Crippen molar-refractivity contribution < 1.29 is 19.3 Å². The number of ether oxygens (including phenoxy) is 3. The lowest BCUT2D eigenvalue weighted by molar-refractivity contribution is -0.0251. The van der Waals surface area contributed by atoms with Crippen molar-refractivity contribution >= 4 is 0 Å². The highest BCUT2D eigenvalue weighted by atomic mass is 16.5. The first-order valence-corrected chi connectivity index (χ1v) is 7.26. The molecule has 0 saturated heterocycles. The van der Waals surface area contributed by atoms with E-state index in [1.165, 1.54) is 19.3 Å². The van der Waals surface area contributed by atoms with Gasteiger partial charge in [0, 0.05) is 11.6 Å². The number of rotatable bonds is 6. The molecule has 0 amide bonds. The van der Waals surface area contributed by atoms with Crippen molar-refractivity contribution in [3.05, 3.63) is 23.8 Å². The first kappa shape index (κ1) is 15.1. The van der Waals surface area contributed by atoms with Crippen molar-refractivity contribution in [2.75, 3.05) is 20.8 Å². The zero-order valence-electron chi connectivity index (χ0n) is 12.3. The third-order valence-corrected chi connectivity index (χ3v) is 3.84. The molecule has 1 aromatic carbocycles. The van der Waals surface area contributed by atoms with Crippen molar-refractivity contribution in [1.29, 1.82) is 0 Å². The van der Waals surface area contributed by atoms with Crippen LogP contribution in [0.1, 0.15) is 43.8 Å². The van der Waals surface area contributed by atoms with Gasteiger partial charge in [-0.05, 0) is 25.0 Å². The lowest BCUT2D eigenvalue weighted by atomic mass is 9.98. The Hall–Kier alpha value is -1.26. The van der Waals surface area contributed by atoms with Crippen molar-refractivity contribution in [2.24, 2.45) is 0 Å². The second kappa shape index (κ2) is 7.50. The molecule has 4 heteroatoms. The summed E-state index contributed by atoms with van der Waals surface area (Å²) in [7, 11) is 3.20. The Labute approximate surface area is 120 Å². The van der Waals surface area contributed by atoms with Crippen molar-refractivity contribution in [1.82, 2.24) is 0 Å². The van der Waals surface area contributed by atoms with E-state index in [4.69, 9.17) is 14.2 Å². The molecule has 4 nitrogen and oxygen atoms in total. The molecule has 0 aromatic heterocycles. The summed E-state index contributed by atoms with van der Waals surface area (Å²) >= 11 is 0. The second-order valence-electron chi connectivity index (χ2n) is 5.22. The SMILES string of the molecule is COc1ccc(C(O)COC2CCCCC2)c(OC)c1. The van der Waals surface area contributed by atoms with E-state index in [9.17, 15) is 5.11 Å². The zero-order chi connectivity index (χ0) is 14.4. The van der Waals surface area contributed by atoms with Gasteiger partial charge in [0.05, 0.1) is 26.9 Å². The Kier molecular flexibility index (Phi) is 5.68. The molecule has 0 radical (unpaired) electrons. The van der Waals surface area contributed by atoms with Crippen LogP contribution in [-0.4, -0.2) is 32.0 Å². The number of methoxy groups -OCH3 is 2. The normalized spacial score (nSPS) is 17.8. The highest BCUT2D eigenvalue weighted by Gasteiger charge is 2.18. The van der Waals surface area contributed by atoms with Gasteiger partial charge in [0.2, 0.25) is 0 Å². The van der Waals surface area contributed by atoms with Gasteiger partial charge in [0.25, 0.3) is 0 Å². The summed E-state index contributed by atoms with van der Waals surface area (Å²) in [5.74, 6) is 1.34. The topological polar surface area (TPSA) is 47.9 Å². The van der Waals surface area contributed by atoms with Crippen LogP contribution in [0.5, 0.6) is 11.5 Å². The van der Waals surface area contributed by atoms with Gasteiger partial charge in [-0.3, -0.25) is 0 Å². The summed E-state index contributed by atoms with van der Waals surface area (Å²) < 4.78 is 16.3. The molecular weight excluding hydrogens is 256 g/mol. The molecule has 0 bridgehead atoms. The first-order chi connectivity index (χ1) is 9.74. The molecule has 0 spiro atoms. The van der Waals surface area contributed by atoms with E-state index in [-0.39, 0.29) is 0 Å². The van der Waals surface area contributed by atoms with Crippen LogP contribution in [-0.2, 0) is 4.74 Å². The van der Waals surface area contributed by atoms with Crippen molar-refractivity contribution in [2.45, 2.75) is 44.3 Å². The van der Waals surface area contributed by atoms with Crippen molar-refractivity contribution in [3.8, 4) is 11.5 Å². The highest BCUT2D eigenvalue weighted by Crippen LogP contribution is 2.30. The molecule has 1 atom stereocenters. The first-order valence-electron chi connectivity index (χ1n) is 7.26. The summed E-state index contributed by atoms with van der Waals surface area (Å²) in [4.78, 5) is 0. The van der Waals surface area contributed by atoms with Crippen LogP contribution in [0.15, 0.2) is 18.2 Å². The molecule has 1 aromatic rings. The lowest BCUT2D eigenvalue weighted by Gasteiger charge is -2.24. The van der Waals surface area contributed by atoms with E-state index >= 15 is 0 Å². The fraction of sp³-hybridized carbons (Fsp3) is 0.625. The van der Waals surface area contributed by atoms with E-state index in [1.54, 1.807) is 20.3 Å². The smallest absolute Gasteiger partial charge is 0.128 e. The Morgan fingerprint density at radius 1 is 1.15 bits per heavy atom. The van der Waals surface area contributed by atoms with Gasteiger partial charge in [-0.25, -0.2) is 0 Å². The minimum Gasteiger partial charge on any atom is -0.497 e. The van der Waals surface area contributed by atoms with E-state index in [2.05, 4.69) is 0 Å². The predicted octanol–water partition coefficient (Wildman–Crippen LogP) is 3.09. The monoisotopic (exact) mass is 280 g/mol. The van der Waals surface area contributed by atoms with Crippen LogP contribution >= 0.6 is 0 Å². The average molecular weight is 280 g/mol. The summed E-state index contributed by atoms with van der Waals surface area (Å²) in [6.07, 6.45) is 5.59. The molecule has 0 heterocycles. The third kappa shape index (κ3) is 3.87. The van der Waals surface area contributed by atoms with E-state index in [0.717, 1.165) is 18.4 Å². The molecule has 0 aliphatic heterocycles. The van der Waals surface area contributed by atoms with Gasteiger partial charge in [-0.2, -0.15) is 0 Å². The van der Waals surface area contributed by atoms with E-state index in [0.29, 0.717) is 24.2 Å². The molecule has 1 unspecified atom stereocenters. The molecule has 2 rings (SSSR count). The molecule has 1 aliphatic rings. The number of aliphatic hydroxyl groups excluding tert-OH is 1. The Bertz CT molecular complexity index is 413. The van der Waals surface area contributed by atoms with E-state index < -0.39 is 6.10 Å². The minimum atomic E-state index is -0.669. The second-order valence-corrected chi connectivity index (χ2v) is 5.22. The molecule has 1 fully saturated rings. The van der Waals surface area contributed by atoms with Crippen LogP contribution in [0.2, 0.25) is 0 Å². The summed E-state index contributed by atoms with van der Waals surface area (Å²) in [6, 6.07) is 5.42. The van der Waals surface area contributed by atoms with Crippen LogP contribution in [0, 0.1) is 0 Å². The molecule has 1 aliphatic carbocycles. The molecule has 1 N–H and O–H groups in total. The Morgan fingerprint density at radius 2 is 1.90 bits per heavy atom. The van der Waals surface area contributed by atoms with Crippen LogP contribution < -0.4 is 9.47 Å². The number of hydrogen-bond acceptors (Lipinski definition) is 4. The van der Waals surface area contributed by atoms with E-state index in [1.807, 2.05) is 12.1 Å².